The van der Waals surface area contributed by atoms with E-state index in [0.29, 0.717) is 6.42 Å². The minimum atomic E-state index is -0.727. The highest BCUT2D eigenvalue weighted by Crippen LogP contribution is 2.28. The smallest absolute Gasteiger partial charge is 0.152 e. The number of nitrogens with zero attached hydrogens (tertiary/aromatic N) is 2. The molecule has 0 fully saturated rings. The molecule has 1 aromatic heterocycles. The number of anilines is 1. The van der Waals surface area contributed by atoms with Crippen LogP contribution in [0.15, 0.2) is 54.9 Å². The summed E-state index contributed by atoms with van der Waals surface area (Å²) in [5.74, 6) is 0. The van der Waals surface area contributed by atoms with Crippen LogP contribution in [0.1, 0.15) is 18.9 Å². The zero-order valence-corrected chi connectivity index (χ0v) is 10.3. The molecule has 0 saturated heterocycles. The summed E-state index contributed by atoms with van der Waals surface area (Å²) >= 11 is 0. The first-order chi connectivity index (χ1) is 8.80. The third kappa shape index (κ3) is 2.33. The van der Waals surface area contributed by atoms with Gasteiger partial charge in [-0.15, -0.1) is 0 Å². The van der Waals surface area contributed by atoms with Crippen molar-refractivity contribution < 1.29 is 0 Å². The Bertz CT molecular complexity index is 531. The van der Waals surface area contributed by atoms with E-state index in [1.54, 1.807) is 12.4 Å². The van der Waals surface area contributed by atoms with E-state index in [9.17, 15) is 5.26 Å². The molecule has 1 N–H and O–H groups in total. The Labute approximate surface area is 107 Å². The number of aromatic nitrogens is 1. The van der Waals surface area contributed by atoms with E-state index in [2.05, 4.69) is 16.4 Å². The summed E-state index contributed by atoms with van der Waals surface area (Å²) in [5, 5.41) is 12.9. The van der Waals surface area contributed by atoms with Crippen molar-refractivity contribution in [2.45, 2.75) is 18.9 Å². The van der Waals surface area contributed by atoms with Crippen molar-refractivity contribution in [3.63, 3.8) is 0 Å². The third-order valence-electron chi connectivity index (χ3n) is 3.01. The van der Waals surface area contributed by atoms with Gasteiger partial charge < -0.3 is 5.32 Å². The fourth-order valence-corrected chi connectivity index (χ4v) is 1.92. The van der Waals surface area contributed by atoms with Crippen molar-refractivity contribution in [2.24, 2.45) is 0 Å². The molecule has 1 unspecified atom stereocenters. The number of hydrogen-bond acceptors (Lipinski definition) is 3. The molecular weight excluding hydrogens is 222 g/mol. The zero-order valence-electron chi connectivity index (χ0n) is 10.3. The van der Waals surface area contributed by atoms with Gasteiger partial charge in [0.1, 0.15) is 0 Å². The van der Waals surface area contributed by atoms with Crippen LogP contribution < -0.4 is 5.32 Å². The lowest BCUT2D eigenvalue weighted by Gasteiger charge is -2.27. The number of benzene rings is 1. The van der Waals surface area contributed by atoms with Crippen LogP contribution in [0.3, 0.4) is 0 Å². The first-order valence-electron chi connectivity index (χ1n) is 5.96. The minimum Gasteiger partial charge on any atom is -0.364 e. The van der Waals surface area contributed by atoms with Crippen LogP contribution in [0.2, 0.25) is 0 Å². The Morgan fingerprint density at radius 2 is 2.00 bits per heavy atom. The Morgan fingerprint density at radius 1 is 1.22 bits per heavy atom. The van der Waals surface area contributed by atoms with Crippen molar-refractivity contribution in [3.8, 4) is 6.07 Å². The van der Waals surface area contributed by atoms with Crippen LogP contribution in [-0.2, 0) is 5.54 Å². The van der Waals surface area contributed by atoms with E-state index in [1.807, 2.05) is 49.4 Å². The molecule has 1 heterocycles. The van der Waals surface area contributed by atoms with Gasteiger partial charge in [-0.2, -0.15) is 5.26 Å². The monoisotopic (exact) mass is 237 g/mol. The predicted molar refractivity (Wildman–Crippen MR) is 71.9 cm³/mol. The summed E-state index contributed by atoms with van der Waals surface area (Å²) in [4.78, 5) is 4.10. The first kappa shape index (κ1) is 12.1. The molecule has 0 spiro atoms. The normalized spacial score (nSPS) is 13.3. The van der Waals surface area contributed by atoms with Gasteiger partial charge in [0.25, 0.3) is 0 Å². The highest BCUT2D eigenvalue weighted by molar-refractivity contribution is 5.50. The van der Waals surface area contributed by atoms with Gasteiger partial charge >= 0.3 is 0 Å². The Balaban J connectivity index is 2.37. The molecular formula is C15H15N3. The first-order valence-corrected chi connectivity index (χ1v) is 5.96. The second-order valence-electron chi connectivity index (χ2n) is 4.10. The molecule has 18 heavy (non-hydrogen) atoms. The van der Waals surface area contributed by atoms with Gasteiger partial charge in [0, 0.05) is 23.6 Å². The highest BCUT2D eigenvalue weighted by atomic mass is 15.0. The summed E-state index contributed by atoms with van der Waals surface area (Å²) in [6.07, 6.45) is 4.12. The fraction of sp³-hybridized carbons (Fsp3) is 0.200. The second-order valence-corrected chi connectivity index (χ2v) is 4.10. The number of hydrogen-bond donors (Lipinski definition) is 1. The predicted octanol–water partition coefficient (Wildman–Crippen LogP) is 3.32. The third-order valence-corrected chi connectivity index (χ3v) is 3.01. The van der Waals surface area contributed by atoms with Crippen LogP contribution in [0, 0.1) is 11.3 Å². The van der Waals surface area contributed by atoms with Crippen LogP contribution in [0.5, 0.6) is 0 Å². The maximum Gasteiger partial charge on any atom is 0.152 e. The van der Waals surface area contributed by atoms with Crippen molar-refractivity contribution in [1.29, 1.82) is 5.26 Å². The highest BCUT2D eigenvalue weighted by Gasteiger charge is 2.30. The molecule has 2 rings (SSSR count). The van der Waals surface area contributed by atoms with Gasteiger partial charge in [-0.1, -0.05) is 31.2 Å². The minimum absolute atomic E-state index is 0.671. The molecule has 0 aliphatic carbocycles. The molecule has 1 aromatic carbocycles. The largest absolute Gasteiger partial charge is 0.364 e. The molecule has 90 valence electrons. The Kier molecular flexibility index (Phi) is 3.59. The summed E-state index contributed by atoms with van der Waals surface area (Å²) < 4.78 is 0. The van der Waals surface area contributed by atoms with Gasteiger partial charge in [-0.25, -0.2) is 0 Å². The molecule has 0 radical (unpaired) electrons. The van der Waals surface area contributed by atoms with Crippen LogP contribution in [0.25, 0.3) is 0 Å². The van der Waals surface area contributed by atoms with Crippen LogP contribution >= 0.6 is 0 Å². The molecule has 1 atom stereocenters. The van der Waals surface area contributed by atoms with E-state index in [0.717, 1.165) is 11.3 Å². The van der Waals surface area contributed by atoms with E-state index in [1.165, 1.54) is 0 Å². The summed E-state index contributed by atoms with van der Waals surface area (Å²) in [6.45, 7) is 1.99. The fourth-order valence-electron chi connectivity index (χ4n) is 1.92. The maximum atomic E-state index is 9.55. The lowest BCUT2D eigenvalue weighted by atomic mass is 9.89. The SMILES string of the molecule is CCC(C#N)(Nc1ccccc1)c1cccnc1. The average molecular weight is 237 g/mol. The molecule has 3 nitrogen and oxygen atoms in total. The lowest BCUT2D eigenvalue weighted by Crippen LogP contribution is -2.33. The van der Waals surface area contributed by atoms with E-state index < -0.39 is 5.54 Å². The molecule has 2 aromatic rings. The maximum absolute atomic E-state index is 9.55. The Morgan fingerprint density at radius 3 is 2.56 bits per heavy atom. The number of nitriles is 1. The quantitative estimate of drug-likeness (QED) is 0.887. The number of para-hydroxylation sites is 1. The molecule has 0 saturated carbocycles. The van der Waals surface area contributed by atoms with Gasteiger partial charge in [-0.05, 0) is 24.6 Å². The van der Waals surface area contributed by atoms with Gasteiger partial charge in [0.2, 0.25) is 0 Å². The molecule has 3 heteroatoms. The zero-order chi connectivity index (χ0) is 12.8. The molecule has 0 bridgehead atoms. The summed E-state index contributed by atoms with van der Waals surface area (Å²) in [6, 6.07) is 15.9. The number of pyridine rings is 1. The van der Waals surface area contributed by atoms with Crippen molar-refractivity contribution in [3.05, 3.63) is 60.4 Å². The van der Waals surface area contributed by atoms with Gasteiger partial charge in [0.05, 0.1) is 6.07 Å². The second kappa shape index (κ2) is 5.33. The van der Waals surface area contributed by atoms with E-state index >= 15 is 0 Å². The summed E-state index contributed by atoms with van der Waals surface area (Å²) in [7, 11) is 0. The van der Waals surface area contributed by atoms with Crippen molar-refractivity contribution in [2.75, 3.05) is 5.32 Å². The summed E-state index contributed by atoms with van der Waals surface area (Å²) in [5.41, 5.74) is 1.10. The molecule has 0 amide bonds. The standard InChI is InChI=1S/C15H15N3/c1-2-15(12-16,13-7-6-10-17-11-13)18-14-8-4-3-5-9-14/h3-11,18H,2H2,1H3. The average Bonchev–Trinajstić information content (AvgIpc) is 2.47. The van der Waals surface area contributed by atoms with Crippen LogP contribution in [-0.4, -0.2) is 4.98 Å². The molecule has 0 aliphatic heterocycles. The van der Waals surface area contributed by atoms with Crippen LogP contribution in [0.4, 0.5) is 5.69 Å². The molecule has 0 aliphatic rings. The number of rotatable bonds is 4. The van der Waals surface area contributed by atoms with E-state index in [-0.39, 0.29) is 0 Å². The number of nitrogens with one attached hydrogen (secondary N) is 1. The topological polar surface area (TPSA) is 48.7 Å². The van der Waals surface area contributed by atoms with E-state index in [4.69, 9.17) is 0 Å². The van der Waals surface area contributed by atoms with Crippen molar-refractivity contribution in [1.82, 2.24) is 4.98 Å². The Hall–Kier alpha value is -2.34. The van der Waals surface area contributed by atoms with Crippen molar-refractivity contribution >= 4 is 5.69 Å². The lowest BCUT2D eigenvalue weighted by molar-refractivity contribution is 0.602. The van der Waals surface area contributed by atoms with Gasteiger partial charge in [-0.3, -0.25) is 4.98 Å². The van der Waals surface area contributed by atoms with Gasteiger partial charge in [0.15, 0.2) is 5.54 Å².